The second kappa shape index (κ2) is 20.4. The van der Waals surface area contributed by atoms with E-state index in [9.17, 15) is 33.6 Å². The first-order valence-electron chi connectivity index (χ1n) is 16.6. The molecule has 9 N–H and O–H groups in total. The molecular formula is C35H47N7O9. The summed E-state index contributed by atoms with van der Waals surface area (Å²) in [6, 6.07) is 10.8. The van der Waals surface area contributed by atoms with E-state index in [0.29, 0.717) is 32.4 Å². The highest BCUT2D eigenvalue weighted by atomic mass is 16.5. The van der Waals surface area contributed by atoms with Crippen LogP contribution in [0.5, 0.6) is 0 Å². The summed E-state index contributed by atoms with van der Waals surface area (Å²) in [7, 11) is 2.42. The predicted molar refractivity (Wildman–Crippen MR) is 184 cm³/mol. The Morgan fingerprint density at radius 3 is 1.94 bits per heavy atom. The van der Waals surface area contributed by atoms with Crippen molar-refractivity contribution in [3.05, 3.63) is 70.8 Å². The Bertz CT molecular complexity index is 1570. The number of benzene rings is 2. The lowest BCUT2D eigenvalue weighted by Crippen LogP contribution is -2.62. The number of nitrogens with one attached hydrogen (secondary N) is 5. The van der Waals surface area contributed by atoms with Crippen LogP contribution in [-0.4, -0.2) is 86.4 Å². The molecule has 4 atom stereocenters. The highest BCUT2D eigenvalue weighted by Crippen LogP contribution is 2.12. The first-order valence-corrected chi connectivity index (χ1v) is 16.6. The molecule has 3 rings (SSSR count). The molecule has 1 aliphatic heterocycles. The van der Waals surface area contributed by atoms with Crippen LogP contribution >= 0.6 is 0 Å². The molecule has 2 aromatic carbocycles. The minimum absolute atomic E-state index is 0.0690. The van der Waals surface area contributed by atoms with E-state index in [0.717, 1.165) is 22.3 Å². The Hall–Kier alpha value is -5.35. The zero-order valence-corrected chi connectivity index (χ0v) is 28.8. The molecule has 0 spiro atoms. The zero-order chi connectivity index (χ0) is 37.3. The molecule has 51 heavy (non-hydrogen) atoms. The summed E-state index contributed by atoms with van der Waals surface area (Å²) < 4.78 is 9.64. The smallest absolute Gasteiger partial charge is 0.328 e. The third-order valence-corrected chi connectivity index (χ3v) is 8.26. The van der Waals surface area contributed by atoms with Crippen LogP contribution in [0, 0.1) is 0 Å². The third kappa shape index (κ3) is 13.1. The van der Waals surface area contributed by atoms with Crippen LogP contribution in [0.15, 0.2) is 48.5 Å². The van der Waals surface area contributed by atoms with Gasteiger partial charge in [-0.15, -0.1) is 0 Å². The number of piperazine rings is 1. The zero-order valence-electron chi connectivity index (χ0n) is 28.8. The number of ether oxygens (including phenoxy) is 2. The van der Waals surface area contributed by atoms with Gasteiger partial charge in [-0.3, -0.25) is 24.0 Å². The number of amides is 5. The van der Waals surface area contributed by atoms with Gasteiger partial charge in [-0.2, -0.15) is 0 Å². The molecule has 276 valence electrons. The third-order valence-electron chi connectivity index (χ3n) is 8.26. The van der Waals surface area contributed by atoms with Gasteiger partial charge in [0.25, 0.3) is 0 Å². The topological polar surface area (TPSA) is 250 Å². The normalized spacial score (nSPS) is 16.5. The number of esters is 2. The van der Waals surface area contributed by atoms with Crippen molar-refractivity contribution in [2.45, 2.75) is 82.2 Å². The van der Waals surface area contributed by atoms with Crippen molar-refractivity contribution < 1.29 is 43.0 Å². The van der Waals surface area contributed by atoms with Crippen molar-refractivity contribution in [3.8, 4) is 0 Å². The molecule has 1 saturated heterocycles. The van der Waals surface area contributed by atoms with E-state index in [1.165, 1.54) is 14.2 Å². The van der Waals surface area contributed by atoms with Gasteiger partial charge in [0, 0.05) is 25.9 Å². The Kier molecular flexibility index (Phi) is 16.0. The van der Waals surface area contributed by atoms with E-state index < -0.39 is 78.6 Å². The van der Waals surface area contributed by atoms with Crippen molar-refractivity contribution in [2.75, 3.05) is 20.8 Å². The van der Waals surface area contributed by atoms with Crippen LogP contribution in [-0.2, 0) is 69.0 Å². The average Bonchev–Trinajstić information content (AvgIpc) is 3.13. The lowest BCUT2D eigenvalue weighted by molar-refractivity contribution is -0.145. The summed E-state index contributed by atoms with van der Waals surface area (Å²) in [6.45, 7) is 0.247. The van der Waals surface area contributed by atoms with E-state index in [-0.39, 0.29) is 19.3 Å². The number of carbonyl (C=O) groups is 7. The SMILES string of the molecule is COC(=O)C(CCCc1cccc(CN)c1)NC(=O)CNC(=O)C[C@H]1NC(=O)[C@H](CCC(=O)NC(Cc2cccc(CN)c2)C(=O)OC)NC1=O. The second-order valence-corrected chi connectivity index (χ2v) is 12.1. The fraction of sp³-hybridized carbons (Fsp3) is 0.457. The largest absolute Gasteiger partial charge is 0.467 e. The van der Waals surface area contributed by atoms with Crippen LogP contribution in [0.2, 0.25) is 0 Å². The predicted octanol–water partition coefficient (Wildman–Crippen LogP) is -1.25. The molecule has 0 saturated carbocycles. The van der Waals surface area contributed by atoms with Gasteiger partial charge in [0.05, 0.1) is 27.2 Å². The van der Waals surface area contributed by atoms with E-state index >= 15 is 0 Å². The number of rotatable bonds is 19. The summed E-state index contributed by atoms with van der Waals surface area (Å²) in [5.41, 5.74) is 15.0. The molecule has 16 nitrogen and oxygen atoms in total. The van der Waals surface area contributed by atoms with E-state index in [2.05, 4.69) is 26.6 Å². The summed E-state index contributed by atoms with van der Waals surface area (Å²) in [5, 5.41) is 12.5. The minimum Gasteiger partial charge on any atom is -0.467 e. The van der Waals surface area contributed by atoms with Crippen LogP contribution in [0.1, 0.15) is 54.4 Å². The summed E-state index contributed by atoms with van der Waals surface area (Å²) in [6.07, 6.45) is 0.969. The quantitative estimate of drug-likeness (QED) is 0.0850. The van der Waals surface area contributed by atoms with Gasteiger partial charge in [-0.05, 0) is 47.9 Å². The standard InChI is InChI=1S/C35H47N7O9/c1-50-34(48)26(11-5-7-21-6-3-9-23(14-21)18-36)39-31(45)20-38-30(44)17-27-33(47)41-25(32(46)42-27)12-13-29(43)40-28(35(49)51-2)16-22-8-4-10-24(15-22)19-37/h3-4,6,8-10,14-15,25-28H,5,7,11-13,16-20,36-37H2,1-2H3,(H,38,44)(H,39,45)(H,40,43)(H,41,47)(H,42,46)/t25-,26?,27+,28?/m0/s1. The molecule has 1 fully saturated rings. The lowest BCUT2D eigenvalue weighted by atomic mass is 10.0. The van der Waals surface area contributed by atoms with Crippen molar-refractivity contribution in [2.24, 2.45) is 11.5 Å². The number of carbonyl (C=O) groups excluding carboxylic acids is 7. The first kappa shape index (κ1) is 40.1. The fourth-order valence-electron chi connectivity index (χ4n) is 5.51. The number of hydrogen-bond acceptors (Lipinski definition) is 11. The maximum atomic E-state index is 12.7. The van der Waals surface area contributed by atoms with Crippen LogP contribution in [0.25, 0.3) is 0 Å². The highest BCUT2D eigenvalue weighted by Gasteiger charge is 2.35. The summed E-state index contributed by atoms with van der Waals surface area (Å²) in [5.74, 6) is -4.38. The molecule has 1 heterocycles. The average molecular weight is 710 g/mol. The molecule has 2 aromatic rings. The van der Waals surface area contributed by atoms with Gasteiger partial charge in [-0.25, -0.2) is 9.59 Å². The molecule has 1 aliphatic rings. The molecule has 0 bridgehead atoms. The van der Waals surface area contributed by atoms with Gasteiger partial charge in [-0.1, -0.05) is 48.5 Å². The Morgan fingerprint density at radius 1 is 0.745 bits per heavy atom. The summed E-state index contributed by atoms with van der Waals surface area (Å²) >= 11 is 0. The number of aryl methyl sites for hydroxylation is 1. The maximum absolute atomic E-state index is 12.7. The monoisotopic (exact) mass is 709 g/mol. The van der Waals surface area contributed by atoms with Crippen LogP contribution in [0.3, 0.4) is 0 Å². The minimum atomic E-state index is -1.21. The summed E-state index contributed by atoms with van der Waals surface area (Å²) in [4.78, 5) is 87.9. The number of hydrogen-bond donors (Lipinski definition) is 7. The maximum Gasteiger partial charge on any atom is 0.328 e. The van der Waals surface area contributed by atoms with E-state index in [4.69, 9.17) is 20.9 Å². The molecule has 16 heteroatoms. The Morgan fingerprint density at radius 2 is 1.29 bits per heavy atom. The van der Waals surface area contributed by atoms with Gasteiger partial charge < -0.3 is 47.5 Å². The van der Waals surface area contributed by atoms with Gasteiger partial charge in [0.2, 0.25) is 29.5 Å². The second-order valence-electron chi connectivity index (χ2n) is 12.1. The number of nitrogens with two attached hydrogens (primary N) is 2. The van der Waals surface area contributed by atoms with Gasteiger partial charge in [0.15, 0.2) is 0 Å². The van der Waals surface area contributed by atoms with Crippen molar-refractivity contribution >= 4 is 41.5 Å². The van der Waals surface area contributed by atoms with E-state index in [1.807, 2.05) is 36.4 Å². The Labute approximate surface area is 296 Å². The van der Waals surface area contributed by atoms with E-state index in [1.54, 1.807) is 12.1 Å². The lowest BCUT2D eigenvalue weighted by Gasteiger charge is -2.29. The van der Waals surface area contributed by atoms with Crippen LogP contribution < -0.4 is 38.1 Å². The molecule has 5 amide bonds. The molecule has 0 aliphatic carbocycles. The van der Waals surface area contributed by atoms with Crippen molar-refractivity contribution in [3.63, 3.8) is 0 Å². The first-order chi connectivity index (χ1) is 24.5. The highest BCUT2D eigenvalue weighted by molar-refractivity contribution is 5.99. The molecule has 0 radical (unpaired) electrons. The molecular weight excluding hydrogens is 662 g/mol. The fourth-order valence-corrected chi connectivity index (χ4v) is 5.51. The molecule has 2 unspecified atom stereocenters. The van der Waals surface area contributed by atoms with Crippen molar-refractivity contribution in [1.82, 2.24) is 26.6 Å². The Balaban J connectivity index is 1.42. The molecule has 0 aromatic heterocycles. The van der Waals surface area contributed by atoms with Crippen molar-refractivity contribution in [1.29, 1.82) is 0 Å². The number of methoxy groups -OCH3 is 2. The van der Waals surface area contributed by atoms with Crippen LogP contribution in [0.4, 0.5) is 0 Å². The van der Waals surface area contributed by atoms with Gasteiger partial charge in [0.1, 0.15) is 24.2 Å². The van der Waals surface area contributed by atoms with Gasteiger partial charge >= 0.3 is 11.9 Å².